The number of aliphatic hydroxyl groups is 1. The van der Waals surface area contributed by atoms with Crippen LogP contribution in [0, 0.1) is 11.8 Å². The molecule has 10 heavy (non-hydrogen) atoms. The molecule has 2 heteroatoms. The van der Waals surface area contributed by atoms with E-state index in [1.54, 1.807) is 13.8 Å². The van der Waals surface area contributed by atoms with Crippen molar-refractivity contribution >= 4 is 11.6 Å². The second-order valence-corrected chi connectivity index (χ2v) is 2.82. The molecule has 0 spiro atoms. The second kappa shape index (κ2) is 4.60. The van der Waals surface area contributed by atoms with E-state index in [0.29, 0.717) is 12.3 Å². The van der Waals surface area contributed by atoms with Crippen LogP contribution in [0.2, 0.25) is 0 Å². The summed E-state index contributed by atoms with van der Waals surface area (Å²) >= 11 is 5.45. The molecule has 0 aromatic heterocycles. The first kappa shape index (κ1) is 9.81. The Kier molecular flexibility index (Phi) is 4.51. The lowest BCUT2D eigenvalue weighted by Gasteiger charge is -2.14. The van der Waals surface area contributed by atoms with Crippen LogP contribution in [0.5, 0.6) is 0 Å². The molecule has 0 aliphatic rings. The largest absolute Gasteiger partial charge is 0.378 e. The van der Waals surface area contributed by atoms with Crippen LogP contribution < -0.4 is 0 Å². The van der Waals surface area contributed by atoms with E-state index in [-0.39, 0.29) is 0 Å². The lowest BCUT2D eigenvalue weighted by atomic mass is 10.0. The average molecular weight is 161 g/mol. The quantitative estimate of drug-likeness (QED) is 0.493. The summed E-state index contributed by atoms with van der Waals surface area (Å²) in [6, 6.07) is 0. The third-order valence-electron chi connectivity index (χ3n) is 1.19. The second-order valence-electron chi connectivity index (χ2n) is 2.44. The standard InChI is InChI=1S/C8H13ClO/c1-3-5-8(2,10)6-4-7-9/h10H,4,6-7H2,1-2H3. The lowest BCUT2D eigenvalue weighted by Crippen LogP contribution is -2.21. The molecule has 1 nitrogen and oxygen atoms in total. The highest BCUT2D eigenvalue weighted by Gasteiger charge is 2.14. The van der Waals surface area contributed by atoms with Crippen LogP contribution in [0.3, 0.4) is 0 Å². The van der Waals surface area contributed by atoms with Gasteiger partial charge in [-0.15, -0.1) is 17.5 Å². The summed E-state index contributed by atoms with van der Waals surface area (Å²) in [5.74, 6) is 5.96. The fraction of sp³-hybridized carbons (Fsp3) is 0.750. The van der Waals surface area contributed by atoms with Crippen LogP contribution in [-0.4, -0.2) is 16.6 Å². The number of alkyl halides is 1. The first-order valence-corrected chi connectivity index (χ1v) is 3.88. The first-order chi connectivity index (χ1) is 4.62. The van der Waals surface area contributed by atoms with Gasteiger partial charge < -0.3 is 5.11 Å². The van der Waals surface area contributed by atoms with Crippen molar-refractivity contribution in [2.45, 2.75) is 32.3 Å². The molecule has 0 amide bonds. The van der Waals surface area contributed by atoms with Gasteiger partial charge >= 0.3 is 0 Å². The Morgan fingerprint density at radius 3 is 2.60 bits per heavy atom. The molecule has 0 saturated carbocycles. The molecule has 58 valence electrons. The van der Waals surface area contributed by atoms with Crippen molar-refractivity contribution in [2.24, 2.45) is 0 Å². The fourth-order valence-corrected chi connectivity index (χ4v) is 0.876. The van der Waals surface area contributed by atoms with Crippen LogP contribution in [0.1, 0.15) is 26.7 Å². The van der Waals surface area contributed by atoms with Crippen LogP contribution >= 0.6 is 11.6 Å². The summed E-state index contributed by atoms with van der Waals surface area (Å²) in [5, 5.41) is 9.41. The van der Waals surface area contributed by atoms with E-state index in [1.807, 2.05) is 0 Å². The Hall–Kier alpha value is -0.190. The molecule has 0 saturated heterocycles. The van der Waals surface area contributed by atoms with Crippen molar-refractivity contribution in [1.29, 1.82) is 0 Å². The average Bonchev–Trinajstić information content (AvgIpc) is 1.84. The molecule has 0 rings (SSSR count). The van der Waals surface area contributed by atoms with Gasteiger partial charge in [0.2, 0.25) is 0 Å². The SMILES string of the molecule is CC#CC(C)(O)CCCCl. The molecule has 1 N–H and O–H groups in total. The van der Waals surface area contributed by atoms with Crippen LogP contribution in [0.4, 0.5) is 0 Å². The molecule has 1 atom stereocenters. The third kappa shape index (κ3) is 4.67. The number of hydrogen-bond acceptors (Lipinski definition) is 1. The predicted molar refractivity (Wildman–Crippen MR) is 44.0 cm³/mol. The zero-order valence-corrected chi connectivity index (χ0v) is 7.20. The van der Waals surface area contributed by atoms with Crippen molar-refractivity contribution in [3.63, 3.8) is 0 Å². The van der Waals surface area contributed by atoms with Crippen molar-refractivity contribution in [2.75, 3.05) is 5.88 Å². The van der Waals surface area contributed by atoms with E-state index < -0.39 is 5.60 Å². The van der Waals surface area contributed by atoms with Gasteiger partial charge in [-0.1, -0.05) is 5.92 Å². The zero-order valence-electron chi connectivity index (χ0n) is 6.45. The summed E-state index contributed by atoms with van der Waals surface area (Å²) in [4.78, 5) is 0. The van der Waals surface area contributed by atoms with Crippen molar-refractivity contribution in [3.8, 4) is 11.8 Å². The minimum atomic E-state index is -0.844. The molecule has 0 bridgehead atoms. The third-order valence-corrected chi connectivity index (χ3v) is 1.46. The highest BCUT2D eigenvalue weighted by molar-refractivity contribution is 6.17. The van der Waals surface area contributed by atoms with Crippen molar-refractivity contribution < 1.29 is 5.11 Å². The van der Waals surface area contributed by atoms with E-state index in [2.05, 4.69) is 11.8 Å². The van der Waals surface area contributed by atoms with Crippen molar-refractivity contribution in [1.82, 2.24) is 0 Å². The summed E-state index contributed by atoms with van der Waals surface area (Å²) in [5.41, 5.74) is -0.844. The van der Waals surface area contributed by atoms with E-state index in [0.717, 1.165) is 6.42 Å². The Bertz CT molecular complexity index is 141. The molecule has 0 fully saturated rings. The fourth-order valence-electron chi connectivity index (χ4n) is 0.743. The number of halogens is 1. The predicted octanol–water partition coefficient (Wildman–Crippen LogP) is 1.78. The molecule has 0 aromatic rings. The Morgan fingerprint density at radius 1 is 1.60 bits per heavy atom. The Labute approximate surface area is 67.4 Å². The van der Waals surface area contributed by atoms with Gasteiger partial charge in [0.25, 0.3) is 0 Å². The maximum absolute atomic E-state index is 9.41. The minimum Gasteiger partial charge on any atom is -0.378 e. The van der Waals surface area contributed by atoms with Gasteiger partial charge in [-0.3, -0.25) is 0 Å². The first-order valence-electron chi connectivity index (χ1n) is 3.34. The van der Waals surface area contributed by atoms with Gasteiger partial charge in [0, 0.05) is 5.88 Å². The van der Waals surface area contributed by atoms with Gasteiger partial charge in [-0.25, -0.2) is 0 Å². The molecular weight excluding hydrogens is 148 g/mol. The molecule has 0 aliphatic heterocycles. The summed E-state index contributed by atoms with van der Waals surface area (Å²) in [6.45, 7) is 3.42. The van der Waals surface area contributed by atoms with E-state index in [9.17, 15) is 5.11 Å². The molecule has 0 radical (unpaired) electrons. The van der Waals surface area contributed by atoms with Gasteiger partial charge in [-0.2, -0.15) is 0 Å². The number of hydrogen-bond donors (Lipinski definition) is 1. The van der Waals surface area contributed by atoms with Crippen molar-refractivity contribution in [3.05, 3.63) is 0 Å². The minimum absolute atomic E-state index is 0.585. The molecule has 1 unspecified atom stereocenters. The van der Waals surface area contributed by atoms with Crippen LogP contribution in [-0.2, 0) is 0 Å². The summed E-state index contributed by atoms with van der Waals surface area (Å²) in [6.07, 6.45) is 1.46. The maximum atomic E-state index is 9.41. The molecule has 0 heterocycles. The molecule has 0 aromatic carbocycles. The monoisotopic (exact) mass is 160 g/mol. The van der Waals surface area contributed by atoms with Gasteiger partial charge in [0.1, 0.15) is 5.60 Å². The van der Waals surface area contributed by atoms with Crippen LogP contribution in [0.25, 0.3) is 0 Å². The zero-order chi connectivity index (χ0) is 8.04. The summed E-state index contributed by atoms with van der Waals surface area (Å²) < 4.78 is 0. The highest BCUT2D eigenvalue weighted by Crippen LogP contribution is 2.10. The van der Waals surface area contributed by atoms with Crippen LogP contribution in [0.15, 0.2) is 0 Å². The molecular formula is C8H13ClO. The number of rotatable bonds is 3. The smallest absolute Gasteiger partial charge is 0.122 e. The van der Waals surface area contributed by atoms with E-state index in [4.69, 9.17) is 11.6 Å². The van der Waals surface area contributed by atoms with Gasteiger partial charge in [0.15, 0.2) is 0 Å². The lowest BCUT2D eigenvalue weighted by molar-refractivity contribution is 0.111. The maximum Gasteiger partial charge on any atom is 0.122 e. The topological polar surface area (TPSA) is 20.2 Å². The van der Waals surface area contributed by atoms with E-state index >= 15 is 0 Å². The highest BCUT2D eigenvalue weighted by atomic mass is 35.5. The van der Waals surface area contributed by atoms with Gasteiger partial charge in [-0.05, 0) is 26.7 Å². The summed E-state index contributed by atoms with van der Waals surface area (Å²) in [7, 11) is 0. The van der Waals surface area contributed by atoms with E-state index in [1.165, 1.54) is 0 Å². The normalized spacial score (nSPS) is 15.2. The Balaban J connectivity index is 3.71. The van der Waals surface area contributed by atoms with Gasteiger partial charge in [0.05, 0.1) is 0 Å². The molecule has 0 aliphatic carbocycles. The Morgan fingerprint density at radius 2 is 2.20 bits per heavy atom.